The molecule has 0 aliphatic carbocycles. The Hall–Kier alpha value is -3.17. The summed E-state index contributed by atoms with van der Waals surface area (Å²) in [5.41, 5.74) is 7.28. The van der Waals surface area contributed by atoms with E-state index >= 15 is 0 Å². The van der Waals surface area contributed by atoms with Crippen molar-refractivity contribution in [2.45, 2.75) is 24.3 Å². The van der Waals surface area contributed by atoms with Crippen molar-refractivity contribution < 1.29 is 9.47 Å². The zero-order valence-electron chi connectivity index (χ0n) is 19.6. The van der Waals surface area contributed by atoms with E-state index in [4.69, 9.17) is 9.47 Å². The number of ether oxygens (including phenoxy) is 2. The van der Waals surface area contributed by atoms with Crippen molar-refractivity contribution in [1.29, 1.82) is 0 Å². The molecule has 0 N–H and O–H groups in total. The first-order valence-electron chi connectivity index (χ1n) is 11.1. The van der Waals surface area contributed by atoms with Gasteiger partial charge in [-0.05, 0) is 59.4 Å². The quantitative estimate of drug-likeness (QED) is 0.269. The van der Waals surface area contributed by atoms with Crippen LogP contribution in [-0.4, -0.2) is 14.2 Å². The topological polar surface area (TPSA) is 18.5 Å². The van der Waals surface area contributed by atoms with Crippen LogP contribution in [0.2, 0.25) is 0 Å². The van der Waals surface area contributed by atoms with Crippen molar-refractivity contribution in [2.75, 3.05) is 14.2 Å². The Balaban J connectivity index is 1.83. The summed E-state index contributed by atoms with van der Waals surface area (Å²) in [7, 11) is 3.48. The summed E-state index contributed by atoms with van der Waals surface area (Å²) in [6, 6.07) is 34.5. The van der Waals surface area contributed by atoms with E-state index in [1.807, 2.05) is 11.8 Å². The minimum absolute atomic E-state index is 0.137. The summed E-state index contributed by atoms with van der Waals surface area (Å²) in [6.07, 6.45) is 0. The molecule has 0 aromatic heterocycles. The molecule has 4 aromatic rings. The highest BCUT2D eigenvalue weighted by molar-refractivity contribution is 8.00. The predicted molar refractivity (Wildman–Crippen MR) is 140 cm³/mol. The van der Waals surface area contributed by atoms with Crippen LogP contribution in [0.25, 0.3) is 0 Å². The molecule has 3 heteroatoms. The molecule has 168 valence electrons. The van der Waals surface area contributed by atoms with Crippen LogP contribution in [0, 0.1) is 13.8 Å². The zero-order chi connectivity index (χ0) is 23.2. The van der Waals surface area contributed by atoms with Crippen molar-refractivity contribution >= 4 is 11.8 Å². The second kappa shape index (κ2) is 10.6. The van der Waals surface area contributed by atoms with Gasteiger partial charge >= 0.3 is 0 Å². The van der Waals surface area contributed by atoms with Crippen LogP contribution < -0.4 is 9.47 Å². The van der Waals surface area contributed by atoms with Crippen LogP contribution in [0.1, 0.15) is 43.9 Å². The van der Waals surface area contributed by atoms with Crippen LogP contribution in [-0.2, 0) is 0 Å². The molecule has 0 aliphatic heterocycles. The molecule has 2 atom stereocenters. The molecule has 2 nitrogen and oxygen atoms in total. The third kappa shape index (κ3) is 5.26. The lowest BCUT2D eigenvalue weighted by molar-refractivity contribution is 0.411. The lowest BCUT2D eigenvalue weighted by Crippen LogP contribution is -2.05. The van der Waals surface area contributed by atoms with Gasteiger partial charge in [0.2, 0.25) is 0 Å². The molecule has 0 spiro atoms. The van der Waals surface area contributed by atoms with Gasteiger partial charge in [-0.15, -0.1) is 11.8 Å². The minimum atomic E-state index is 0.137. The summed E-state index contributed by atoms with van der Waals surface area (Å²) < 4.78 is 11.3. The Labute approximate surface area is 201 Å². The molecule has 4 rings (SSSR count). The van der Waals surface area contributed by atoms with Crippen LogP contribution in [0.15, 0.2) is 97.1 Å². The van der Waals surface area contributed by atoms with Gasteiger partial charge in [0.25, 0.3) is 0 Å². The number of hydrogen-bond donors (Lipinski definition) is 0. The molecule has 0 bridgehead atoms. The van der Waals surface area contributed by atoms with Gasteiger partial charge < -0.3 is 9.47 Å². The van der Waals surface area contributed by atoms with Gasteiger partial charge in [-0.2, -0.15) is 0 Å². The van der Waals surface area contributed by atoms with Gasteiger partial charge in [0.05, 0.1) is 24.7 Å². The van der Waals surface area contributed by atoms with Crippen LogP contribution in [0.5, 0.6) is 11.5 Å². The Morgan fingerprint density at radius 2 is 0.909 bits per heavy atom. The number of thioether (sulfide) groups is 1. The van der Waals surface area contributed by atoms with E-state index in [1.165, 1.54) is 22.3 Å². The molecule has 33 heavy (non-hydrogen) atoms. The van der Waals surface area contributed by atoms with Gasteiger partial charge in [-0.3, -0.25) is 0 Å². The minimum Gasteiger partial charge on any atom is -0.496 e. The van der Waals surface area contributed by atoms with E-state index in [0.717, 1.165) is 22.6 Å². The van der Waals surface area contributed by atoms with Crippen molar-refractivity contribution in [2.24, 2.45) is 0 Å². The Bertz CT molecular complexity index is 1090. The highest BCUT2D eigenvalue weighted by atomic mass is 32.2. The highest BCUT2D eigenvalue weighted by Gasteiger charge is 2.24. The largest absolute Gasteiger partial charge is 0.496 e. The Morgan fingerprint density at radius 3 is 1.27 bits per heavy atom. The van der Waals surface area contributed by atoms with E-state index < -0.39 is 0 Å². The first-order valence-corrected chi connectivity index (χ1v) is 12.1. The van der Waals surface area contributed by atoms with Crippen molar-refractivity contribution in [3.05, 3.63) is 130 Å². The SMILES string of the molecule is COc1cc(C(SC(c2ccccc2)c2ccc(C)c(OC)c2)c2ccccc2)ccc1C. The lowest BCUT2D eigenvalue weighted by Gasteiger charge is -2.26. The fourth-order valence-electron chi connectivity index (χ4n) is 4.09. The monoisotopic (exact) mass is 454 g/mol. The molecular weight excluding hydrogens is 424 g/mol. The van der Waals surface area contributed by atoms with E-state index in [-0.39, 0.29) is 10.5 Å². The highest BCUT2D eigenvalue weighted by Crippen LogP contribution is 2.48. The van der Waals surface area contributed by atoms with Crippen molar-refractivity contribution in [3.8, 4) is 11.5 Å². The summed E-state index contributed by atoms with van der Waals surface area (Å²) >= 11 is 1.94. The summed E-state index contributed by atoms with van der Waals surface area (Å²) in [5, 5.41) is 0.274. The average Bonchev–Trinajstić information content (AvgIpc) is 2.87. The van der Waals surface area contributed by atoms with Gasteiger partial charge in [0.1, 0.15) is 11.5 Å². The number of methoxy groups -OCH3 is 2. The molecule has 0 heterocycles. The van der Waals surface area contributed by atoms with E-state index in [1.54, 1.807) is 14.2 Å². The fourth-order valence-corrected chi connectivity index (χ4v) is 5.60. The first kappa shape index (κ1) is 23.0. The molecule has 4 aromatic carbocycles. The summed E-state index contributed by atoms with van der Waals surface area (Å²) in [5.74, 6) is 1.84. The molecule has 0 radical (unpaired) electrons. The molecule has 0 amide bonds. The molecule has 0 aliphatic rings. The van der Waals surface area contributed by atoms with Crippen LogP contribution in [0.3, 0.4) is 0 Å². The number of aryl methyl sites for hydroxylation is 2. The summed E-state index contributed by atoms with van der Waals surface area (Å²) in [4.78, 5) is 0. The zero-order valence-corrected chi connectivity index (χ0v) is 20.4. The second-order valence-electron chi connectivity index (χ2n) is 8.18. The average molecular weight is 455 g/mol. The number of rotatable bonds is 8. The number of benzene rings is 4. The van der Waals surface area contributed by atoms with E-state index in [0.29, 0.717) is 0 Å². The Kier molecular flexibility index (Phi) is 7.41. The summed E-state index contributed by atoms with van der Waals surface area (Å²) in [6.45, 7) is 4.16. The van der Waals surface area contributed by atoms with Crippen LogP contribution in [0.4, 0.5) is 0 Å². The van der Waals surface area contributed by atoms with Gasteiger partial charge in [-0.1, -0.05) is 84.9 Å². The second-order valence-corrected chi connectivity index (χ2v) is 9.39. The molecular formula is C30H30O2S. The lowest BCUT2D eigenvalue weighted by atomic mass is 10.0. The molecule has 0 saturated carbocycles. The third-order valence-electron chi connectivity index (χ3n) is 5.95. The third-order valence-corrected chi connectivity index (χ3v) is 7.58. The fraction of sp³-hybridized carbons (Fsp3) is 0.200. The molecule has 0 fully saturated rings. The van der Waals surface area contributed by atoms with Crippen molar-refractivity contribution in [3.63, 3.8) is 0 Å². The predicted octanol–water partition coefficient (Wildman–Crippen LogP) is 7.93. The van der Waals surface area contributed by atoms with Gasteiger partial charge in [0, 0.05) is 0 Å². The van der Waals surface area contributed by atoms with E-state index in [9.17, 15) is 0 Å². The first-order chi connectivity index (χ1) is 16.1. The van der Waals surface area contributed by atoms with Crippen LogP contribution >= 0.6 is 11.8 Å². The maximum atomic E-state index is 5.66. The standard InChI is InChI=1S/C30H30O2S/c1-21-15-17-25(19-27(21)31-3)29(23-11-7-5-8-12-23)33-30(24-13-9-6-10-14-24)26-18-16-22(2)28(20-26)32-4/h5-20,29-30H,1-4H3. The maximum Gasteiger partial charge on any atom is 0.122 e. The van der Waals surface area contributed by atoms with Crippen molar-refractivity contribution in [1.82, 2.24) is 0 Å². The van der Waals surface area contributed by atoms with Gasteiger partial charge in [-0.25, -0.2) is 0 Å². The van der Waals surface area contributed by atoms with Gasteiger partial charge in [0.15, 0.2) is 0 Å². The normalized spacial score (nSPS) is 12.7. The molecule has 0 saturated heterocycles. The smallest absolute Gasteiger partial charge is 0.122 e. The maximum absolute atomic E-state index is 5.66. The van der Waals surface area contributed by atoms with E-state index in [2.05, 4.69) is 111 Å². The molecule has 2 unspecified atom stereocenters. The Morgan fingerprint density at radius 1 is 0.515 bits per heavy atom. The number of hydrogen-bond acceptors (Lipinski definition) is 3.